The fourth-order valence-electron chi connectivity index (χ4n) is 1.42. The molecule has 5 nitrogen and oxygen atoms in total. The Balaban J connectivity index is 2.20. The number of hydrogen-bond donors (Lipinski definition) is 1. The van der Waals surface area contributed by atoms with Crippen LogP contribution in [-0.2, 0) is 4.74 Å². The summed E-state index contributed by atoms with van der Waals surface area (Å²) < 4.78 is 4.40. The van der Waals surface area contributed by atoms with Crippen LogP contribution in [0.2, 0.25) is 0 Å². The Kier molecular flexibility index (Phi) is 3.98. The lowest BCUT2D eigenvalue weighted by molar-refractivity contribution is -0.283. The highest BCUT2D eigenvalue weighted by Gasteiger charge is 2.15. The molecular weight excluding hydrogens is 172 g/mol. The van der Waals surface area contributed by atoms with Gasteiger partial charge in [0.2, 0.25) is 0 Å². The van der Waals surface area contributed by atoms with Crippen molar-refractivity contribution in [3.63, 3.8) is 0 Å². The number of carbonyl (C=O) groups excluding carboxylic acids is 1. The molecule has 1 aliphatic rings. The third-order valence-electron chi connectivity index (χ3n) is 2.22. The number of hydrogen-bond acceptors (Lipinski definition) is 5. The van der Waals surface area contributed by atoms with Crippen LogP contribution < -0.4 is 10.4 Å². The number of piperazine rings is 1. The molecule has 0 amide bonds. The van der Waals surface area contributed by atoms with E-state index in [1.54, 1.807) is 0 Å². The fraction of sp³-hybridized carbons (Fsp3) is 0.875. The number of ether oxygens (including phenoxy) is 1. The van der Waals surface area contributed by atoms with Crippen LogP contribution in [0.3, 0.4) is 0 Å². The van der Waals surface area contributed by atoms with Crippen molar-refractivity contribution in [1.82, 2.24) is 10.2 Å². The molecule has 76 valence electrons. The average Bonchev–Trinajstić information content (AvgIpc) is 2.15. The summed E-state index contributed by atoms with van der Waals surface area (Å²) in [6, 6.07) is 0.139. The number of carbonyl (C=O) groups is 1. The summed E-state index contributed by atoms with van der Waals surface area (Å²) in [4.78, 5) is 12.2. The predicted molar refractivity (Wildman–Crippen MR) is 45.3 cm³/mol. The fourth-order valence-corrected chi connectivity index (χ4v) is 1.42. The highest BCUT2D eigenvalue weighted by molar-refractivity contribution is 5.53. The SMILES string of the molecule is CC(COC(=O)[O-])N1CCNCC1. The molecule has 0 aliphatic carbocycles. The second kappa shape index (κ2) is 5.04. The highest BCUT2D eigenvalue weighted by Crippen LogP contribution is 2.00. The van der Waals surface area contributed by atoms with Gasteiger partial charge < -0.3 is 20.0 Å². The largest absolute Gasteiger partial charge is 0.548 e. The molecule has 5 heteroatoms. The minimum absolute atomic E-state index is 0.139. The molecule has 13 heavy (non-hydrogen) atoms. The van der Waals surface area contributed by atoms with E-state index in [9.17, 15) is 9.90 Å². The summed E-state index contributed by atoms with van der Waals surface area (Å²) in [6.07, 6.45) is -1.44. The first-order chi connectivity index (χ1) is 6.20. The Morgan fingerprint density at radius 1 is 1.62 bits per heavy atom. The Hall–Kier alpha value is -0.810. The summed E-state index contributed by atoms with van der Waals surface area (Å²) in [5, 5.41) is 13.2. The van der Waals surface area contributed by atoms with E-state index in [1.807, 2.05) is 6.92 Å². The second-order valence-electron chi connectivity index (χ2n) is 3.20. The van der Waals surface area contributed by atoms with Crippen LogP contribution in [0.4, 0.5) is 4.79 Å². The van der Waals surface area contributed by atoms with Gasteiger partial charge in [-0.2, -0.15) is 0 Å². The van der Waals surface area contributed by atoms with E-state index in [4.69, 9.17) is 0 Å². The van der Waals surface area contributed by atoms with E-state index in [1.165, 1.54) is 0 Å². The lowest BCUT2D eigenvalue weighted by Gasteiger charge is -2.33. The van der Waals surface area contributed by atoms with Crippen molar-refractivity contribution < 1.29 is 14.6 Å². The molecule has 1 aliphatic heterocycles. The van der Waals surface area contributed by atoms with Crippen molar-refractivity contribution in [1.29, 1.82) is 0 Å². The van der Waals surface area contributed by atoms with Crippen molar-refractivity contribution in [2.45, 2.75) is 13.0 Å². The van der Waals surface area contributed by atoms with Crippen LogP contribution >= 0.6 is 0 Å². The van der Waals surface area contributed by atoms with Crippen LogP contribution in [-0.4, -0.2) is 49.9 Å². The van der Waals surface area contributed by atoms with Gasteiger partial charge in [-0.15, -0.1) is 0 Å². The third-order valence-corrected chi connectivity index (χ3v) is 2.22. The van der Waals surface area contributed by atoms with Crippen LogP contribution in [0.15, 0.2) is 0 Å². The number of carboxylic acid groups (broad SMARTS) is 1. The van der Waals surface area contributed by atoms with E-state index in [0.29, 0.717) is 0 Å². The van der Waals surface area contributed by atoms with Gasteiger partial charge in [-0.05, 0) is 6.92 Å². The number of nitrogens with zero attached hydrogens (tertiary/aromatic N) is 1. The normalized spacial score (nSPS) is 21.0. The average molecular weight is 187 g/mol. The second-order valence-corrected chi connectivity index (χ2v) is 3.20. The molecule has 0 aromatic rings. The van der Waals surface area contributed by atoms with Crippen LogP contribution in [0, 0.1) is 0 Å². The minimum atomic E-state index is -1.44. The van der Waals surface area contributed by atoms with Gasteiger partial charge in [-0.3, -0.25) is 4.90 Å². The van der Waals surface area contributed by atoms with Gasteiger partial charge in [0.1, 0.15) is 0 Å². The van der Waals surface area contributed by atoms with E-state index in [0.717, 1.165) is 26.2 Å². The van der Waals surface area contributed by atoms with E-state index in [2.05, 4.69) is 15.0 Å². The van der Waals surface area contributed by atoms with Gasteiger partial charge >= 0.3 is 0 Å². The Morgan fingerprint density at radius 3 is 2.77 bits per heavy atom. The molecule has 1 rings (SSSR count). The van der Waals surface area contributed by atoms with E-state index in [-0.39, 0.29) is 12.6 Å². The number of rotatable bonds is 3. The Bertz CT molecular complexity index is 169. The topological polar surface area (TPSA) is 64.6 Å². The lowest BCUT2D eigenvalue weighted by Crippen LogP contribution is -2.49. The molecule has 1 saturated heterocycles. The maximum atomic E-state index is 10.0. The monoisotopic (exact) mass is 187 g/mol. The van der Waals surface area contributed by atoms with Gasteiger partial charge in [0.25, 0.3) is 6.16 Å². The summed E-state index contributed by atoms with van der Waals surface area (Å²) in [6.45, 7) is 5.94. The molecule has 1 heterocycles. The standard InChI is InChI=1S/C8H16N2O3/c1-7(6-13-8(11)12)10-4-2-9-3-5-10/h7,9H,2-6H2,1H3,(H,11,12)/p-1. The van der Waals surface area contributed by atoms with Gasteiger partial charge in [0.15, 0.2) is 0 Å². The number of nitrogens with one attached hydrogen (secondary N) is 1. The summed E-state index contributed by atoms with van der Waals surface area (Å²) in [7, 11) is 0. The van der Waals surface area contributed by atoms with Crippen molar-refractivity contribution >= 4 is 6.16 Å². The highest BCUT2D eigenvalue weighted by atomic mass is 16.7. The van der Waals surface area contributed by atoms with Crippen molar-refractivity contribution in [2.24, 2.45) is 0 Å². The zero-order valence-corrected chi connectivity index (χ0v) is 7.78. The maximum Gasteiger partial charge on any atom is 0.252 e. The smallest absolute Gasteiger partial charge is 0.252 e. The molecular formula is C8H15N2O3-. The Morgan fingerprint density at radius 2 is 2.23 bits per heavy atom. The van der Waals surface area contributed by atoms with E-state index < -0.39 is 6.16 Å². The van der Waals surface area contributed by atoms with E-state index >= 15 is 0 Å². The van der Waals surface area contributed by atoms with Crippen LogP contribution in [0.5, 0.6) is 0 Å². The minimum Gasteiger partial charge on any atom is -0.548 e. The quantitative estimate of drug-likeness (QED) is 0.553. The molecule has 0 spiro atoms. The molecule has 0 aromatic carbocycles. The van der Waals surface area contributed by atoms with Crippen molar-refractivity contribution in [3.05, 3.63) is 0 Å². The van der Waals surface area contributed by atoms with Gasteiger partial charge in [0, 0.05) is 38.8 Å². The van der Waals surface area contributed by atoms with Crippen LogP contribution in [0.1, 0.15) is 6.92 Å². The summed E-state index contributed by atoms with van der Waals surface area (Å²) in [5.41, 5.74) is 0. The van der Waals surface area contributed by atoms with Crippen LogP contribution in [0.25, 0.3) is 0 Å². The molecule has 0 bridgehead atoms. The molecule has 1 N–H and O–H groups in total. The zero-order valence-electron chi connectivity index (χ0n) is 7.78. The van der Waals surface area contributed by atoms with Gasteiger partial charge in [0.05, 0.1) is 0 Å². The molecule has 0 aromatic heterocycles. The molecule has 1 atom stereocenters. The Labute approximate surface area is 77.7 Å². The zero-order chi connectivity index (χ0) is 9.68. The van der Waals surface area contributed by atoms with Gasteiger partial charge in [-0.1, -0.05) is 0 Å². The summed E-state index contributed by atoms with van der Waals surface area (Å²) in [5.74, 6) is 0. The molecule has 0 radical (unpaired) electrons. The van der Waals surface area contributed by atoms with Gasteiger partial charge in [-0.25, -0.2) is 0 Å². The first-order valence-electron chi connectivity index (χ1n) is 4.48. The first-order valence-corrected chi connectivity index (χ1v) is 4.48. The molecule has 0 saturated carbocycles. The first kappa shape index (κ1) is 10.3. The molecule has 1 unspecified atom stereocenters. The van der Waals surface area contributed by atoms with Crippen molar-refractivity contribution in [2.75, 3.05) is 32.8 Å². The van der Waals surface area contributed by atoms with Crippen molar-refractivity contribution in [3.8, 4) is 0 Å². The third kappa shape index (κ3) is 3.61. The maximum absolute atomic E-state index is 10.0. The predicted octanol–water partition coefficient (Wildman–Crippen LogP) is -1.36. The lowest BCUT2D eigenvalue weighted by atomic mass is 10.2. The summed E-state index contributed by atoms with van der Waals surface area (Å²) >= 11 is 0. The molecule has 1 fully saturated rings.